The molecule has 1 aromatic carbocycles. The highest BCUT2D eigenvalue weighted by molar-refractivity contribution is 7.19. The van der Waals surface area contributed by atoms with E-state index >= 15 is 0 Å². The van der Waals surface area contributed by atoms with Crippen molar-refractivity contribution < 1.29 is 8.81 Å². The SMILES string of the molecule is Cc1sc2c(c1C)c1nc(-c3ccco3)nn1c(=O)n2Cc1ccc(F)cc1. The summed E-state index contributed by atoms with van der Waals surface area (Å²) < 4.78 is 21.6. The van der Waals surface area contributed by atoms with Crippen molar-refractivity contribution in [3.05, 3.63) is 75.0 Å². The summed E-state index contributed by atoms with van der Waals surface area (Å²) in [6, 6.07) is 9.66. The van der Waals surface area contributed by atoms with Crippen LogP contribution in [0.2, 0.25) is 0 Å². The van der Waals surface area contributed by atoms with Crippen LogP contribution < -0.4 is 5.69 Å². The van der Waals surface area contributed by atoms with Gasteiger partial charge in [0.2, 0.25) is 5.82 Å². The molecule has 5 rings (SSSR count). The third-order valence-corrected chi connectivity index (χ3v) is 6.08. The van der Waals surface area contributed by atoms with Crippen LogP contribution in [0.15, 0.2) is 51.9 Å². The molecule has 8 heteroatoms. The van der Waals surface area contributed by atoms with Gasteiger partial charge in [-0.1, -0.05) is 12.1 Å². The van der Waals surface area contributed by atoms with Crippen LogP contribution in [-0.2, 0) is 6.54 Å². The van der Waals surface area contributed by atoms with E-state index in [2.05, 4.69) is 10.1 Å². The predicted octanol–water partition coefficient (Wildman–Crippen LogP) is 4.17. The third kappa shape index (κ3) is 2.49. The lowest BCUT2D eigenvalue weighted by Gasteiger charge is -2.08. The van der Waals surface area contributed by atoms with Crippen LogP contribution >= 0.6 is 11.3 Å². The summed E-state index contributed by atoms with van der Waals surface area (Å²) in [7, 11) is 0. The van der Waals surface area contributed by atoms with E-state index in [9.17, 15) is 9.18 Å². The van der Waals surface area contributed by atoms with E-state index in [0.29, 0.717) is 23.8 Å². The van der Waals surface area contributed by atoms with Crippen LogP contribution in [-0.4, -0.2) is 19.2 Å². The highest BCUT2D eigenvalue weighted by atomic mass is 32.1. The largest absolute Gasteiger partial charge is 0.461 e. The fourth-order valence-electron chi connectivity index (χ4n) is 3.29. The molecule has 28 heavy (non-hydrogen) atoms. The zero-order valence-electron chi connectivity index (χ0n) is 15.1. The van der Waals surface area contributed by atoms with Crippen molar-refractivity contribution in [2.45, 2.75) is 20.4 Å². The Balaban J connectivity index is 1.81. The van der Waals surface area contributed by atoms with Crippen LogP contribution in [0.5, 0.6) is 0 Å². The zero-order chi connectivity index (χ0) is 19.4. The topological polar surface area (TPSA) is 65.3 Å². The molecule has 0 amide bonds. The summed E-state index contributed by atoms with van der Waals surface area (Å²) in [4.78, 5) is 19.8. The Morgan fingerprint density at radius 2 is 1.96 bits per heavy atom. The number of hydrogen-bond donors (Lipinski definition) is 0. The molecule has 0 N–H and O–H groups in total. The molecule has 0 bridgehead atoms. The van der Waals surface area contributed by atoms with Gasteiger partial charge in [-0.3, -0.25) is 4.57 Å². The summed E-state index contributed by atoms with van der Waals surface area (Å²) in [5.74, 6) is 0.566. The molecule has 0 spiro atoms. The van der Waals surface area contributed by atoms with Crippen LogP contribution in [0.1, 0.15) is 16.0 Å². The number of fused-ring (bicyclic) bond motifs is 3. The molecule has 0 aliphatic carbocycles. The fraction of sp³-hybridized carbons (Fsp3) is 0.150. The van der Waals surface area contributed by atoms with Gasteiger partial charge in [0.15, 0.2) is 11.4 Å². The van der Waals surface area contributed by atoms with E-state index in [1.807, 2.05) is 13.8 Å². The summed E-state index contributed by atoms with van der Waals surface area (Å²) >= 11 is 1.55. The van der Waals surface area contributed by atoms with Crippen molar-refractivity contribution in [3.63, 3.8) is 0 Å². The molecule has 0 saturated carbocycles. The zero-order valence-corrected chi connectivity index (χ0v) is 16.0. The number of halogens is 1. The van der Waals surface area contributed by atoms with E-state index in [4.69, 9.17) is 4.42 Å². The molecule has 0 unspecified atom stereocenters. The molecule has 6 nitrogen and oxygen atoms in total. The van der Waals surface area contributed by atoms with Crippen molar-refractivity contribution in [1.82, 2.24) is 19.2 Å². The maximum Gasteiger partial charge on any atom is 0.352 e. The highest BCUT2D eigenvalue weighted by Gasteiger charge is 2.21. The predicted molar refractivity (Wildman–Crippen MR) is 105 cm³/mol. The normalized spacial score (nSPS) is 11.7. The van der Waals surface area contributed by atoms with Crippen LogP contribution in [0.3, 0.4) is 0 Å². The van der Waals surface area contributed by atoms with Gasteiger partial charge in [0.05, 0.1) is 18.2 Å². The first-order valence-corrected chi connectivity index (χ1v) is 9.52. The van der Waals surface area contributed by atoms with Gasteiger partial charge in [-0.2, -0.15) is 4.52 Å². The van der Waals surface area contributed by atoms with Gasteiger partial charge in [-0.25, -0.2) is 14.2 Å². The van der Waals surface area contributed by atoms with Gasteiger partial charge < -0.3 is 4.42 Å². The van der Waals surface area contributed by atoms with Crippen LogP contribution in [0.25, 0.3) is 27.4 Å². The molecule has 0 aliphatic heterocycles. The minimum absolute atomic E-state index is 0.293. The van der Waals surface area contributed by atoms with E-state index < -0.39 is 0 Å². The van der Waals surface area contributed by atoms with Crippen LogP contribution in [0, 0.1) is 19.7 Å². The first-order valence-electron chi connectivity index (χ1n) is 8.70. The molecular weight excluding hydrogens is 379 g/mol. The van der Waals surface area contributed by atoms with Crippen molar-refractivity contribution in [3.8, 4) is 11.6 Å². The number of rotatable bonds is 3. The van der Waals surface area contributed by atoms with Crippen molar-refractivity contribution >= 4 is 27.2 Å². The summed E-state index contributed by atoms with van der Waals surface area (Å²) in [5, 5.41) is 5.29. The van der Waals surface area contributed by atoms with Crippen molar-refractivity contribution in [2.24, 2.45) is 0 Å². The molecule has 0 fully saturated rings. The van der Waals surface area contributed by atoms with E-state index in [1.54, 1.807) is 46.4 Å². The molecule has 0 aliphatic rings. The lowest BCUT2D eigenvalue weighted by Crippen LogP contribution is -2.27. The maximum atomic E-state index is 13.3. The monoisotopic (exact) mass is 394 g/mol. The maximum absolute atomic E-state index is 13.3. The van der Waals surface area contributed by atoms with E-state index in [0.717, 1.165) is 26.2 Å². The second kappa shape index (κ2) is 6.13. The van der Waals surface area contributed by atoms with Crippen LogP contribution in [0.4, 0.5) is 4.39 Å². The minimum atomic E-state index is -0.307. The molecule has 5 aromatic rings. The Morgan fingerprint density at radius 3 is 2.68 bits per heavy atom. The molecule has 0 radical (unpaired) electrons. The molecule has 4 heterocycles. The van der Waals surface area contributed by atoms with Gasteiger partial charge in [0, 0.05) is 4.88 Å². The number of nitrogens with zero attached hydrogens (tertiary/aromatic N) is 4. The molecule has 0 atom stereocenters. The first kappa shape index (κ1) is 16.9. The van der Waals surface area contributed by atoms with E-state index in [1.165, 1.54) is 16.6 Å². The summed E-state index contributed by atoms with van der Waals surface area (Å²) in [5.41, 5.74) is 2.12. The standard InChI is InChI=1S/C20H15FN4O2S/c1-11-12(2)28-19-16(11)18-22-17(15-4-3-9-27-15)23-25(18)20(26)24(19)10-13-5-7-14(21)8-6-13/h3-9H,10H2,1-2H3. The smallest absolute Gasteiger partial charge is 0.352 e. The first-order chi connectivity index (χ1) is 13.5. The average molecular weight is 394 g/mol. The lowest BCUT2D eigenvalue weighted by atomic mass is 10.2. The number of thiophene rings is 1. The Kier molecular flexibility index (Phi) is 3.70. The number of benzene rings is 1. The number of aryl methyl sites for hydroxylation is 2. The quantitative estimate of drug-likeness (QED) is 0.461. The Morgan fingerprint density at radius 1 is 1.18 bits per heavy atom. The lowest BCUT2D eigenvalue weighted by molar-refractivity contribution is 0.576. The van der Waals surface area contributed by atoms with Gasteiger partial charge in [-0.15, -0.1) is 16.4 Å². The Bertz CT molecular complexity index is 1380. The Labute approximate surface area is 162 Å². The van der Waals surface area contributed by atoms with Crippen molar-refractivity contribution in [2.75, 3.05) is 0 Å². The van der Waals surface area contributed by atoms with Crippen molar-refractivity contribution in [1.29, 1.82) is 0 Å². The molecular formula is C20H15FN4O2S. The third-order valence-electron chi connectivity index (χ3n) is 4.85. The highest BCUT2D eigenvalue weighted by Crippen LogP contribution is 2.32. The summed E-state index contributed by atoms with van der Waals surface area (Å²) in [6.07, 6.45) is 1.55. The number of furan rings is 1. The van der Waals surface area contributed by atoms with E-state index in [-0.39, 0.29) is 11.5 Å². The second-order valence-corrected chi connectivity index (χ2v) is 7.81. The summed E-state index contributed by atoms with van der Waals surface area (Å²) in [6.45, 7) is 4.36. The molecule has 0 saturated heterocycles. The van der Waals surface area contributed by atoms with Gasteiger partial charge >= 0.3 is 5.69 Å². The van der Waals surface area contributed by atoms with Gasteiger partial charge in [0.1, 0.15) is 10.6 Å². The number of aromatic nitrogens is 4. The average Bonchev–Trinajstić information content (AvgIpc) is 3.40. The molecule has 140 valence electrons. The van der Waals surface area contributed by atoms with Gasteiger partial charge in [0.25, 0.3) is 0 Å². The minimum Gasteiger partial charge on any atom is -0.461 e. The Hall–Kier alpha value is -3.26. The molecule has 4 aromatic heterocycles. The number of hydrogen-bond acceptors (Lipinski definition) is 5. The van der Waals surface area contributed by atoms with Gasteiger partial charge in [-0.05, 0) is 49.2 Å². The second-order valence-electron chi connectivity index (χ2n) is 6.61. The fourth-order valence-corrected chi connectivity index (χ4v) is 4.44.